The average molecular weight is 195 g/mol. The van der Waals surface area contributed by atoms with E-state index in [2.05, 4.69) is 12.7 Å². The highest BCUT2D eigenvalue weighted by Gasteiger charge is 1.86. The number of hydrogen-bond acceptors (Lipinski definition) is 2. The van der Waals surface area contributed by atoms with Gasteiger partial charge in [-0.1, -0.05) is 25.1 Å². The molecule has 3 nitrogen and oxygen atoms in total. The summed E-state index contributed by atoms with van der Waals surface area (Å²) in [5.41, 5.74) is 4.47. The molecule has 1 rings (SSSR count). The topological polar surface area (TPSA) is 52.3 Å². The minimum Gasteiger partial charge on any atom is -0.494 e. The first-order valence-electron chi connectivity index (χ1n) is 4.60. The van der Waals surface area contributed by atoms with Crippen LogP contribution < -0.4 is 10.5 Å². The lowest BCUT2D eigenvalue weighted by Gasteiger charge is -2.01. The Morgan fingerprint density at radius 3 is 2.29 bits per heavy atom. The lowest BCUT2D eigenvalue weighted by atomic mass is 10.3. The maximum absolute atomic E-state index is 9.22. The van der Waals surface area contributed by atoms with E-state index in [1.54, 1.807) is 0 Å². The van der Waals surface area contributed by atoms with Gasteiger partial charge in [0.05, 0.1) is 6.61 Å². The number of rotatable bonds is 3. The third-order valence-corrected chi connectivity index (χ3v) is 1.22. The van der Waals surface area contributed by atoms with Crippen LogP contribution >= 0.6 is 0 Å². The highest BCUT2D eigenvalue weighted by Crippen LogP contribution is 2.07. The van der Waals surface area contributed by atoms with Gasteiger partial charge in [0.1, 0.15) is 5.75 Å². The molecule has 0 fully saturated rings. The van der Waals surface area contributed by atoms with Crippen LogP contribution in [-0.4, -0.2) is 12.5 Å². The minimum atomic E-state index is -0.333. The third-order valence-electron chi connectivity index (χ3n) is 1.22. The molecule has 0 aliphatic carbocycles. The van der Waals surface area contributed by atoms with Crippen molar-refractivity contribution < 1.29 is 9.53 Å². The Labute approximate surface area is 84.9 Å². The molecule has 0 spiro atoms. The fourth-order valence-corrected chi connectivity index (χ4v) is 0.737. The van der Waals surface area contributed by atoms with Gasteiger partial charge < -0.3 is 10.5 Å². The molecule has 0 unspecified atom stereocenters. The van der Waals surface area contributed by atoms with Crippen LogP contribution in [0.1, 0.15) is 20.3 Å². The summed E-state index contributed by atoms with van der Waals surface area (Å²) in [6.07, 6.45) is 1.06. The predicted molar refractivity (Wildman–Crippen MR) is 57.1 cm³/mol. The lowest BCUT2D eigenvalue weighted by Crippen LogP contribution is -2.01. The van der Waals surface area contributed by atoms with E-state index >= 15 is 0 Å². The second-order valence-electron chi connectivity index (χ2n) is 2.77. The standard InChI is InChI=1S/C9H12O.C2H5NO/c1-2-8-10-9-6-4-3-5-7-9;1-2(3)4/h3-7H,2,8H2,1H3;1H3,(H2,3,4). The van der Waals surface area contributed by atoms with Crippen molar-refractivity contribution in [2.45, 2.75) is 20.3 Å². The van der Waals surface area contributed by atoms with E-state index < -0.39 is 0 Å². The minimum absolute atomic E-state index is 0.333. The van der Waals surface area contributed by atoms with Crippen molar-refractivity contribution in [1.29, 1.82) is 0 Å². The summed E-state index contributed by atoms with van der Waals surface area (Å²) in [6.45, 7) is 4.22. The van der Waals surface area contributed by atoms with Gasteiger partial charge in [-0.25, -0.2) is 0 Å². The SMILES string of the molecule is CC(N)=O.CCCOc1ccccc1. The largest absolute Gasteiger partial charge is 0.494 e. The predicted octanol–water partition coefficient (Wildman–Crippen LogP) is 1.97. The summed E-state index contributed by atoms with van der Waals surface area (Å²) in [7, 11) is 0. The Morgan fingerprint density at radius 2 is 1.86 bits per heavy atom. The molecule has 14 heavy (non-hydrogen) atoms. The van der Waals surface area contributed by atoms with E-state index in [-0.39, 0.29) is 5.91 Å². The van der Waals surface area contributed by atoms with Gasteiger partial charge in [-0.15, -0.1) is 0 Å². The Kier molecular flexibility index (Phi) is 7.23. The van der Waals surface area contributed by atoms with Crippen LogP contribution in [-0.2, 0) is 4.79 Å². The quantitative estimate of drug-likeness (QED) is 0.801. The molecule has 0 heterocycles. The van der Waals surface area contributed by atoms with Gasteiger partial charge in [0.25, 0.3) is 0 Å². The van der Waals surface area contributed by atoms with Gasteiger partial charge in [-0.3, -0.25) is 4.79 Å². The van der Waals surface area contributed by atoms with Gasteiger partial charge in [0, 0.05) is 6.92 Å². The molecular weight excluding hydrogens is 178 g/mol. The zero-order valence-electron chi connectivity index (χ0n) is 8.69. The molecule has 78 valence electrons. The molecule has 0 bridgehead atoms. The van der Waals surface area contributed by atoms with Crippen LogP contribution in [0.25, 0.3) is 0 Å². The smallest absolute Gasteiger partial charge is 0.214 e. The van der Waals surface area contributed by atoms with E-state index in [0.29, 0.717) is 0 Å². The average Bonchev–Trinajstić information content (AvgIpc) is 2.15. The summed E-state index contributed by atoms with van der Waals surface area (Å²) in [6, 6.07) is 9.88. The first-order valence-corrected chi connectivity index (χ1v) is 4.60. The van der Waals surface area contributed by atoms with Crippen molar-refractivity contribution in [2.75, 3.05) is 6.61 Å². The van der Waals surface area contributed by atoms with Crippen molar-refractivity contribution in [2.24, 2.45) is 5.73 Å². The molecule has 3 heteroatoms. The van der Waals surface area contributed by atoms with Crippen molar-refractivity contribution >= 4 is 5.91 Å². The number of hydrogen-bond donors (Lipinski definition) is 1. The molecule has 1 amide bonds. The summed E-state index contributed by atoms with van der Waals surface area (Å²) >= 11 is 0. The zero-order valence-corrected chi connectivity index (χ0v) is 8.69. The molecule has 0 aliphatic heterocycles. The van der Waals surface area contributed by atoms with Gasteiger partial charge >= 0.3 is 0 Å². The maximum atomic E-state index is 9.22. The molecule has 1 aromatic rings. The van der Waals surface area contributed by atoms with Crippen LogP contribution in [0, 0.1) is 0 Å². The molecule has 0 aliphatic rings. The Hall–Kier alpha value is -1.51. The zero-order chi connectivity index (χ0) is 10.8. The number of primary amides is 1. The molecule has 2 N–H and O–H groups in total. The highest BCUT2D eigenvalue weighted by molar-refractivity contribution is 5.70. The van der Waals surface area contributed by atoms with E-state index in [9.17, 15) is 4.79 Å². The summed E-state index contributed by atoms with van der Waals surface area (Å²) < 4.78 is 5.36. The molecule has 0 saturated carbocycles. The Bertz CT molecular complexity index is 243. The number of ether oxygens (including phenoxy) is 1. The Morgan fingerprint density at radius 1 is 1.36 bits per heavy atom. The van der Waals surface area contributed by atoms with E-state index in [0.717, 1.165) is 18.8 Å². The Balaban J connectivity index is 0.000000364. The second kappa shape index (κ2) is 8.10. The fourth-order valence-electron chi connectivity index (χ4n) is 0.737. The van der Waals surface area contributed by atoms with Gasteiger partial charge in [0.2, 0.25) is 5.91 Å². The number of benzene rings is 1. The highest BCUT2D eigenvalue weighted by atomic mass is 16.5. The van der Waals surface area contributed by atoms with Crippen molar-refractivity contribution in [3.8, 4) is 5.75 Å². The first-order chi connectivity index (χ1) is 6.66. The molecule has 0 atom stereocenters. The second-order valence-corrected chi connectivity index (χ2v) is 2.77. The van der Waals surface area contributed by atoms with E-state index in [4.69, 9.17) is 4.74 Å². The molecule has 0 radical (unpaired) electrons. The molecule has 0 aromatic heterocycles. The van der Waals surface area contributed by atoms with Crippen LogP contribution in [0.5, 0.6) is 5.75 Å². The van der Waals surface area contributed by atoms with Crippen molar-refractivity contribution in [3.63, 3.8) is 0 Å². The number of carbonyl (C=O) groups excluding carboxylic acids is 1. The third kappa shape index (κ3) is 8.59. The van der Waals surface area contributed by atoms with Gasteiger partial charge in [-0.2, -0.15) is 0 Å². The van der Waals surface area contributed by atoms with Crippen LogP contribution in [0.15, 0.2) is 30.3 Å². The molecular formula is C11H17NO2. The van der Waals surface area contributed by atoms with Gasteiger partial charge in [0.15, 0.2) is 0 Å². The summed E-state index contributed by atoms with van der Waals surface area (Å²) in [4.78, 5) is 9.22. The van der Waals surface area contributed by atoms with Crippen LogP contribution in [0.4, 0.5) is 0 Å². The summed E-state index contributed by atoms with van der Waals surface area (Å²) in [5.74, 6) is 0.629. The molecule has 1 aromatic carbocycles. The number of carbonyl (C=O) groups is 1. The molecule has 0 saturated heterocycles. The maximum Gasteiger partial charge on any atom is 0.214 e. The van der Waals surface area contributed by atoms with Gasteiger partial charge in [-0.05, 0) is 18.6 Å². The van der Waals surface area contributed by atoms with E-state index in [1.165, 1.54) is 6.92 Å². The van der Waals surface area contributed by atoms with Crippen LogP contribution in [0.3, 0.4) is 0 Å². The van der Waals surface area contributed by atoms with Crippen molar-refractivity contribution in [3.05, 3.63) is 30.3 Å². The monoisotopic (exact) mass is 195 g/mol. The fraction of sp³-hybridized carbons (Fsp3) is 0.364. The van der Waals surface area contributed by atoms with E-state index in [1.807, 2.05) is 30.3 Å². The number of nitrogens with two attached hydrogens (primary N) is 1. The van der Waals surface area contributed by atoms with Crippen molar-refractivity contribution in [1.82, 2.24) is 0 Å². The first kappa shape index (κ1) is 12.5. The summed E-state index contributed by atoms with van der Waals surface area (Å²) in [5, 5.41) is 0. The normalized spacial score (nSPS) is 8.43. The lowest BCUT2D eigenvalue weighted by molar-refractivity contribution is -0.115. The number of para-hydroxylation sites is 1. The van der Waals surface area contributed by atoms with Crippen LogP contribution in [0.2, 0.25) is 0 Å². The number of amides is 1.